The van der Waals surface area contributed by atoms with E-state index in [0.717, 1.165) is 0 Å². The molecule has 0 bridgehead atoms. The molecule has 0 aromatic rings. The maximum atomic E-state index is 10.3. The second-order valence-corrected chi connectivity index (χ2v) is 2.99. The molecule has 1 N–H and O–H groups in total. The smallest absolute Gasteiger partial charge is 0.329 e. The fourth-order valence-electron chi connectivity index (χ4n) is 0.545. The molecule has 0 saturated carbocycles. The number of carboxylic acid groups (broad SMARTS) is 1. The molecule has 0 aliphatic carbocycles. The van der Waals surface area contributed by atoms with E-state index < -0.39 is 22.5 Å². The molecule has 11 heavy (non-hydrogen) atoms. The van der Waals surface area contributed by atoms with Crippen molar-refractivity contribution in [2.24, 2.45) is 10.3 Å². The summed E-state index contributed by atoms with van der Waals surface area (Å²) in [6.07, 6.45) is 0. The molecular weight excluding hydrogens is 170 g/mol. The van der Waals surface area contributed by atoms with Gasteiger partial charge in [0.1, 0.15) is 0 Å². The molecule has 6 heteroatoms. The van der Waals surface area contributed by atoms with Crippen molar-refractivity contribution in [3.63, 3.8) is 0 Å². The van der Waals surface area contributed by atoms with E-state index in [4.69, 9.17) is 5.11 Å². The summed E-state index contributed by atoms with van der Waals surface area (Å²) in [6, 6.07) is -1.16. The van der Waals surface area contributed by atoms with Crippen LogP contribution in [-0.2, 0) is 15.3 Å². The Hall–Kier alpha value is -0.910. The number of nitrogens with zero attached hydrogens (tertiary/aromatic N) is 1. The van der Waals surface area contributed by atoms with Crippen LogP contribution in [0.1, 0.15) is 13.8 Å². The lowest BCUT2D eigenvalue weighted by molar-refractivity contribution is -0.139. The monoisotopic (exact) mass is 179 g/mol. The van der Waals surface area contributed by atoms with Crippen LogP contribution in [0.15, 0.2) is 4.36 Å². The fourth-order valence-corrected chi connectivity index (χ4v) is 1.06. The van der Waals surface area contributed by atoms with Crippen molar-refractivity contribution >= 4 is 16.5 Å². The maximum Gasteiger partial charge on any atom is 0.329 e. The molecule has 0 amide bonds. The fraction of sp³-hybridized carbons (Fsp3) is 0.800. The van der Waals surface area contributed by atoms with Crippen LogP contribution in [0.25, 0.3) is 0 Å². The summed E-state index contributed by atoms with van der Waals surface area (Å²) in [6.45, 7) is 3.18. The number of hydrogen-bond acceptors (Lipinski definition) is 4. The van der Waals surface area contributed by atoms with Gasteiger partial charge in [0.25, 0.3) is 0 Å². The molecule has 0 heterocycles. The van der Waals surface area contributed by atoms with Crippen LogP contribution >= 0.6 is 0 Å². The summed E-state index contributed by atoms with van der Waals surface area (Å²) in [7, 11) is -2.64. The van der Waals surface area contributed by atoms with Gasteiger partial charge in [0.15, 0.2) is 6.04 Å². The highest BCUT2D eigenvalue weighted by Crippen LogP contribution is 2.05. The van der Waals surface area contributed by atoms with E-state index in [9.17, 15) is 13.2 Å². The van der Waals surface area contributed by atoms with Crippen LogP contribution in [-0.4, -0.2) is 25.5 Å². The molecule has 0 rings (SSSR count). The predicted molar refractivity (Wildman–Crippen MR) is 37.6 cm³/mol. The third kappa shape index (κ3) is 3.72. The van der Waals surface area contributed by atoms with Crippen LogP contribution in [0, 0.1) is 5.92 Å². The van der Waals surface area contributed by atoms with Gasteiger partial charge in [-0.05, 0) is 5.92 Å². The molecule has 64 valence electrons. The van der Waals surface area contributed by atoms with Crippen LogP contribution in [0.4, 0.5) is 0 Å². The number of aliphatic carboxylic acids is 1. The second-order valence-electron chi connectivity index (χ2n) is 2.35. The molecule has 0 fully saturated rings. The van der Waals surface area contributed by atoms with E-state index in [1.165, 1.54) is 0 Å². The molecular formula is C5H9NO4S. The highest BCUT2D eigenvalue weighted by Gasteiger charge is 2.20. The van der Waals surface area contributed by atoms with Crippen molar-refractivity contribution in [2.45, 2.75) is 19.9 Å². The van der Waals surface area contributed by atoms with Crippen molar-refractivity contribution in [1.82, 2.24) is 0 Å². The lowest BCUT2D eigenvalue weighted by Crippen LogP contribution is -2.23. The van der Waals surface area contributed by atoms with Gasteiger partial charge in [-0.3, -0.25) is 0 Å². The summed E-state index contributed by atoms with van der Waals surface area (Å²) in [5, 5.41) is 8.43. The summed E-state index contributed by atoms with van der Waals surface area (Å²) in [5.74, 6) is -1.53. The highest BCUT2D eigenvalue weighted by atomic mass is 32.2. The quantitative estimate of drug-likeness (QED) is 0.668. The Morgan fingerprint density at radius 2 is 1.91 bits per heavy atom. The Morgan fingerprint density at radius 3 is 2.00 bits per heavy atom. The first kappa shape index (κ1) is 10.1. The number of carboxylic acids is 1. The predicted octanol–water partition coefficient (Wildman–Crippen LogP) is 0.158. The lowest BCUT2D eigenvalue weighted by atomic mass is 10.1. The molecule has 0 aromatic carbocycles. The molecule has 0 aliphatic heterocycles. The van der Waals surface area contributed by atoms with Gasteiger partial charge < -0.3 is 5.11 Å². The largest absolute Gasteiger partial charge is 0.480 e. The average molecular weight is 179 g/mol. The first-order valence-corrected chi connectivity index (χ1v) is 4.01. The van der Waals surface area contributed by atoms with Crippen molar-refractivity contribution in [1.29, 1.82) is 0 Å². The van der Waals surface area contributed by atoms with Gasteiger partial charge >= 0.3 is 16.5 Å². The standard InChI is InChI=1S/C5H9NO4S/c1-3(2)4(5(7)8)6-11(9)10/h3-4H,1-2H3,(H,7,8). The van der Waals surface area contributed by atoms with Crippen LogP contribution < -0.4 is 0 Å². The van der Waals surface area contributed by atoms with Crippen molar-refractivity contribution < 1.29 is 18.3 Å². The van der Waals surface area contributed by atoms with Gasteiger partial charge in [-0.1, -0.05) is 13.8 Å². The zero-order chi connectivity index (χ0) is 9.02. The molecule has 0 radical (unpaired) electrons. The molecule has 0 spiro atoms. The van der Waals surface area contributed by atoms with E-state index in [2.05, 4.69) is 4.36 Å². The topological polar surface area (TPSA) is 83.8 Å². The first-order valence-electron chi connectivity index (χ1n) is 2.98. The van der Waals surface area contributed by atoms with Crippen molar-refractivity contribution in [2.75, 3.05) is 0 Å². The highest BCUT2D eigenvalue weighted by molar-refractivity contribution is 7.61. The molecule has 1 atom stereocenters. The summed E-state index contributed by atoms with van der Waals surface area (Å²) in [5.41, 5.74) is 0. The van der Waals surface area contributed by atoms with Gasteiger partial charge in [0, 0.05) is 0 Å². The summed E-state index contributed by atoms with van der Waals surface area (Å²) >= 11 is 0. The molecule has 0 aromatic heterocycles. The minimum absolute atomic E-state index is 0.314. The number of carbonyl (C=O) groups is 1. The third-order valence-corrected chi connectivity index (χ3v) is 1.48. The van der Waals surface area contributed by atoms with Gasteiger partial charge in [-0.25, -0.2) is 4.79 Å². The van der Waals surface area contributed by atoms with E-state index in [1.807, 2.05) is 0 Å². The van der Waals surface area contributed by atoms with Crippen LogP contribution in [0.5, 0.6) is 0 Å². The lowest BCUT2D eigenvalue weighted by Gasteiger charge is -2.06. The second kappa shape index (κ2) is 4.07. The Kier molecular flexibility index (Phi) is 3.73. The molecule has 0 saturated heterocycles. The van der Waals surface area contributed by atoms with Gasteiger partial charge in [-0.2, -0.15) is 12.8 Å². The minimum atomic E-state index is -2.64. The van der Waals surface area contributed by atoms with Gasteiger partial charge in [0.2, 0.25) is 0 Å². The van der Waals surface area contributed by atoms with E-state index in [-0.39, 0.29) is 5.92 Å². The Morgan fingerprint density at radius 1 is 1.45 bits per heavy atom. The number of hydrogen-bond donors (Lipinski definition) is 1. The van der Waals surface area contributed by atoms with E-state index in [1.54, 1.807) is 13.8 Å². The Bertz CT molecular complexity index is 258. The Balaban J connectivity index is 4.63. The van der Waals surface area contributed by atoms with Gasteiger partial charge in [0.05, 0.1) is 0 Å². The average Bonchev–Trinajstić information content (AvgIpc) is 1.81. The molecule has 5 nitrogen and oxygen atoms in total. The third-order valence-electron chi connectivity index (χ3n) is 1.08. The van der Waals surface area contributed by atoms with Crippen molar-refractivity contribution in [3.8, 4) is 0 Å². The summed E-state index contributed by atoms with van der Waals surface area (Å²) in [4.78, 5) is 10.3. The zero-order valence-electron chi connectivity index (χ0n) is 6.18. The van der Waals surface area contributed by atoms with E-state index >= 15 is 0 Å². The molecule has 1 unspecified atom stereocenters. The SMILES string of the molecule is CC(C)C(N=S(=O)=O)C(=O)O. The molecule has 0 aliphatic rings. The Labute approximate surface area is 65.7 Å². The zero-order valence-corrected chi connectivity index (χ0v) is 7.00. The van der Waals surface area contributed by atoms with E-state index in [0.29, 0.717) is 0 Å². The van der Waals surface area contributed by atoms with Crippen LogP contribution in [0.2, 0.25) is 0 Å². The minimum Gasteiger partial charge on any atom is -0.480 e. The first-order chi connectivity index (χ1) is 4.95. The normalized spacial score (nSPS) is 12.6. The van der Waals surface area contributed by atoms with Crippen LogP contribution in [0.3, 0.4) is 0 Å². The number of rotatable bonds is 3. The maximum absolute atomic E-state index is 10.3. The van der Waals surface area contributed by atoms with Gasteiger partial charge in [-0.15, -0.1) is 0 Å². The summed E-state index contributed by atoms with van der Waals surface area (Å²) < 4.78 is 23.0. The van der Waals surface area contributed by atoms with Crippen molar-refractivity contribution in [3.05, 3.63) is 0 Å².